The van der Waals surface area contributed by atoms with Gasteiger partial charge in [0.2, 0.25) is 0 Å². The van der Waals surface area contributed by atoms with Gasteiger partial charge in [0.05, 0.1) is 5.92 Å². The van der Waals surface area contributed by atoms with Crippen molar-refractivity contribution in [2.45, 2.75) is 25.1 Å². The Balaban J connectivity index is 1.97. The minimum absolute atomic E-state index is 0.0919. The van der Waals surface area contributed by atoms with Crippen LogP contribution in [0.25, 0.3) is 0 Å². The molecule has 2 N–H and O–H groups in total. The molecule has 20 heavy (non-hydrogen) atoms. The quantitative estimate of drug-likeness (QED) is 0.890. The van der Waals surface area contributed by atoms with Crippen molar-refractivity contribution in [2.24, 2.45) is 5.92 Å². The van der Waals surface area contributed by atoms with Crippen molar-refractivity contribution in [3.05, 3.63) is 35.4 Å². The van der Waals surface area contributed by atoms with Gasteiger partial charge in [0.25, 0.3) is 0 Å². The molecule has 108 valence electrons. The predicted molar refractivity (Wildman–Crippen MR) is 62.8 cm³/mol. The largest absolute Gasteiger partial charge is 0.481 e. The number of hydrogen-bond donors (Lipinski definition) is 2. The van der Waals surface area contributed by atoms with Crippen LogP contribution in [0.1, 0.15) is 23.5 Å². The monoisotopic (exact) mass is 287 g/mol. The number of amides is 1. The Hall–Kier alpha value is -2.05. The fourth-order valence-corrected chi connectivity index (χ4v) is 2.05. The van der Waals surface area contributed by atoms with Gasteiger partial charge in [-0.2, -0.15) is 13.2 Å². The van der Waals surface area contributed by atoms with Crippen molar-refractivity contribution in [1.29, 1.82) is 0 Å². The van der Waals surface area contributed by atoms with Gasteiger partial charge >= 0.3 is 18.1 Å². The van der Waals surface area contributed by atoms with Crippen LogP contribution in [0.15, 0.2) is 24.3 Å². The van der Waals surface area contributed by atoms with Crippen LogP contribution in [0, 0.1) is 5.92 Å². The van der Waals surface area contributed by atoms with Crippen molar-refractivity contribution in [2.75, 3.05) is 0 Å². The van der Waals surface area contributed by atoms with Gasteiger partial charge in [0.1, 0.15) is 0 Å². The lowest BCUT2D eigenvalue weighted by atomic mass is 10.1. The highest BCUT2D eigenvalue weighted by molar-refractivity contribution is 5.81. The van der Waals surface area contributed by atoms with E-state index < -0.39 is 24.0 Å². The molecule has 0 aliphatic heterocycles. The first kappa shape index (κ1) is 14.4. The number of aliphatic carboxylic acids is 1. The molecule has 1 fully saturated rings. The van der Waals surface area contributed by atoms with E-state index in [0.29, 0.717) is 12.0 Å². The first-order chi connectivity index (χ1) is 9.29. The van der Waals surface area contributed by atoms with Gasteiger partial charge in [0, 0.05) is 6.54 Å². The van der Waals surface area contributed by atoms with E-state index in [9.17, 15) is 22.8 Å². The number of alkyl halides is 3. The normalized spacial score (nSPS) is 21.4. The molecule has 1 aromatic rings. The summed E-state index contributed by atoms with van der Waals surface area (Å²) in [6.07, 6.45) is -4.36. The zero-order valence-electron chi connectivity index (χ0n) is 10.3. The zero-order chi connectivity index (χ0) is 14.9. The molecule has 7 heteroatoms. The molecular formula is C13H12F3NO3. The summed E-state index contributed by atoms with van der Waals surface area (Å²) < 4.78 is 36.1. The van der Waals surface area contributed by atoms with Crippen molar-refractivity contribution in [3.63, 3.8) is 0 Å². The number of halogens is 3. The third kappa shape index (κ3) is 3.28. The molecule has 4 nitrogen and oxygen atoms in total. The fraction of sp³-hybridized carbons (Fsp3) is 0.385. The number of carboxylic acids is 1. The average molecular weight is 287 g/mol. The number of nitrogens with one attached hydrogen (secondary N) is 1. The van der Waals surface area contributed by atoms with Crippen LogP contribution in [0.3, 0.4) is 0 Å². The van der Waals surface area contributed by atoms with E-state index in [1.54, 1.807) is 29.6 Å². The van der Waals surface area contributed by atoms with Gasteiger partial charge in [-0.3, -0.25) is 9.59 Å². The highest BCUT2D eigenvalue weighted by Crippen LogP contribution is 2.47. The highest BCUT2D eigenvalue weighted by atomic mass is 19.4. The van der Waals surface area contributed by atoms with Crippen molar-refractivity contribution in [1.82, 2.24) is 5.32 Å². The first-order valence-corrected chi connectivity index (χ1v) is 5.95. The summed E-state index contributed by atoms with van der Waals surface area (Å²) in [5.41, 5.74) is 1.28. The van der Waals surface area contributed by atoms with Gasteiger partial charge in [-0.25, -0.2) is 0 Å². The third-order valence-electron chi connectivity index (χ3n) is 3.20. The number of carbonyl (C=O) groups is 2. The van der Waals surface area contributed by atoms with Crippen LogP contribution < -0.4 is 5.32 Å². The highest BCUT2D eigenvalue weighted by Gasteiger charge is 2.44. The molecule has 0 heterocycles. The minimum atomic E-state index is -4.90. The van der Waals surface area contributed by atoms with Crippen molar-refractivity contribution in [3.8, 4) is 0 Å². The van der Waals surface area contributed by atoms with Gasteiger partial charge in [-0.15, -0.1) is 0 Å². The van der Waals surface area contributed by atoms with Gasteiger partial charge in [-0.05, 0) is 23.5 Å². The van der Waals surface area contributed by atoms with E-state index >= 15 is 0 Å². The average Bonchev–Trinajstić information content (AvgIpc) is 3.15. The van der Waals surface area contributed by atoms with Crippen LogP contribution in [-0.4, -0.2) is 23.2 Å². The molecule has 1 aliphatic rings. The smallest absolute Gasteiger partial charge is 0.471 e. The fourth-order valence-electron chi connectivity index (χ4n) is 2.05. The van der Waals surface area contributed by atoms with Crippen molar-refractivity contribution >= 4 is 11.9 Å². The van der Waals surface area contributed by atoms with E-state index in [4.69, 9.17) is 5.11 Å². The maximum Gasteiger partial charge on any atom is 0.471 e. The second kappa shape index (κ2) is 5.15. The maximum atomic E-state index is 12.0. The Morgan fingerprint density at radius 3 is 2.60 bits per heavy atom. The molecule has 1 amide bonds. The van der Waals surface area contributed by atoms with Crippen LogP contribution in [0.2, 0.25) is 0 Å². The van der Waals surface area contributed by atoms with E-state index in [1.807, 2.05) is 0 Å². The predicted octanol–water partition coefficient (Wildman–Crippen LogP) is 2.05. The van der Waals surface area contributed by atoms with Gasteiger partial charge < -0.3 is 10.4 Å². The molecule has 1 aliphatic carbocycles. The summed E-state index contributed by atoms with van der Waals surface area (Å²) in [6.45, 7) is -0.239. The van der Waals surface area contributed by atoms with E-state index in [2.05, 4.69) is 0 Å². The maximum absolute atomic E-state index is 12.0. The summed E-state index contributed by atoms with van der Waals surface area (Å²) in [7, 11) is 0. The molecular weight excluding hydrogens is 275 g/mol. The van der Waals surface area contributed by atoms with E-state index in [1.165, 1.54) is 0 Å². The summed E-state index contributed by atoms with van der Waals surface area (Å²) in [5.74, 6) is -3.37. The molecule has 0 bridgehead atoms. The Kier molecular flexibility index (Phi) is 3.69. The topological polar surface area (TPSA) is 66.4 Å². The summed E-state index contributed by atoms with van der Waals surface area (Å²) in [6, 6.07) is 6.59. The lowest BCUT2D eigenvalue weighted by Crippen LogP contribution is -2.36. The second-order valence-electron chi connectivity index (χ2n) is 4.71. The third-order valence-corrected chi connectivity index (χ3v) is 3.20. The van der Waals surface area contributed by atoms with Crippen LogP contribution in [0.5, 0.6) is 0 Å². The minimum Gasteiger partial charge on any atom is -0.481 e. The Labute approximate surface area is 112 Å². The standard InChI is InChI=1S/C13H12F3NO3/c14-13(15,16)12(20)17-6-7-2-1-3-8(4-7)9-5-10(9)11(18)19/h1-4,9-10H,5-6H2,(H,17,20)(H,18,19)/t9-,10+/m0/s1. The number of hydrogen-bond acceptors (Lipinski definition) is 2. The molecule has 0 aromatic heterocycles. The molecule has 0 saturated heterocycles. The molecule has 2 rings (SSSR count). The molecule has 0 spiro atoms. The SMILES string of the molecule is O=C(O)[C@@H]1C[C@H]1c1cccc(CNC(=O)C(F)(F)F)c1. The molecule has 1 saturated carbocycles. The number of carboxylic acid groups (broad SMARTS) is 1. The number of carbonyl (C=O) groups excluding carboxylic acids is 1. The second-order valence-corrected chi connectivity index (χ2v) is 4.71. The Bertz CT molecular complexity index is 542. The number of rotatable bonds is 4. The van der Waals surface area contributed by atoms with Gasteiger partial charge in [0.15, 0.2) is 0 Å². The lowest BCUT2D eigenvalue weighted by molar-refractivity contribution is -0.173. The van der Waals surface area contributed by atoms with Crippen molar-refractivity contribution < 1.29 is 27.9 Å². The summed E-state index contributed by atoms with van der Waals surface area (Å²) in [4.78, 5) is 21.5. The van der Waals surface area contributed by atoms with Gasteiger partial charge in [-0.1, -0.05) is 24.3 Å². The zero-order valence-corrected chi connectivity index (χ0v) is 10.3. The Morgan fingerprint density at radius 2 is 2.05 bits per heavy atom. The van der Waals surface area contributed by atoms with E-state index in [0.717, 1.165) is 5.56 Å². The van der Waals surface area contributed by atoms with Crippen LogP contribution in [-0.2, 0) is 16.1 Å². The molecule has 0 unspecified atom stereocenters. The van der Waals surface area contributed by atoms with Crippen LogP contribution >= 0.6 is 0 Å². The van der Waals surface area contributed by atoms with E-state index in [-0.39, 0.29) is 12.5 Å². The number of benzene rings is 1. The first-order valence-electron chi connectivity index (χ1n) is 5.95. The molecule has 2 atom stereocenters. The summed E-state index contributed by atoms with van der Waals surface area (Å²) in [5, 5.41) is 10.6. The summed E-state index contributed by atoms with van der Waals surface area (Å²) >= 11 is 0. The van der Waals surface area contributed by atoms with Crippen LogP contribution in [0.4, 0.5) is 13.2 Å². The molecule has 0 radical (unpaired) electrons. The molecule has 1 aromatic carbocycles. The Morgan fingerprint density at radius 1 is 1.35 bits per heavy atom. The lowest BCUT2D eigenvalue weighted by Gasteiger charge is -2.09.